The monoisotopic (exact) mass is 347 g/mol. The molecule has 2 aromatic carbocycles. The molecule has 0 atom stereocenters. The van der Waals surface area contributed by atoms with E-state index in [0.717, 1.165) is 5.52 Å². The minimum atomic E-state index is -0.939. The summed E-state index contributed by atoms with van der Waals surface area (Å²) in [7, 11) is 0. The van der Waals surface area contributed by atoms with Crippen LogP contribution in [-0.4, -0.2) is 16.7 Å². The number of halogens is 2. The third-order valence-corrected chi connectivity index (χ3v) is 3.99. The van der Waals surface area contributed by atoms with Crippen molar-refractivity contribution >= 4 is 45.9 Å². The Hall–Kier alpha value is -2.30. The highest BCUT2D eigenvalue weighted by Crippen LogP contribution is 2.23. The lowest BCUT2D eigenvalue weighted by Gasteiger charge is -2.05. The topological polar surface area (TPSA) is 59.2 Å². The van der Waals surface area contributed by atoms with Crippen LogP contribution in [0.1, 0.15) is 15.9 Å². The lowest BCUT2D eigenvalue weighted by molar-refractivity contribution is -0.139. The molecule has 116 valence electrons. The van der Waals surface area contributed by atoms with Gasteiger partial charge in [-0.05, 0) is 24.3 Å². The summed E-state index contributed by atoms with van der Waals surface area (Å²) in [4.78, 5) is 27.2. The highest BCUT2D eigenvalue weighted by atomic mass is 35.5. The summed E-state index contributed by atoms with van der Waals surface area (Å²) in [5, 5.41) is 1.54. The Labute approximate surface area is 142 Å². The summed E-state index contributed by atoms with van der Waals surface area (Å²) in [6.45, 7) is -0.0621. The summed E-state index contributed by atoms with van der Waals surface area (Å²) in [5.74, 6) is -1.67. The largest absolute Gasteiger partial charge is 0.455 e. The Bertz CT molecular complexity index is 902. The van der Waals surface area contributed by atoms with Crippen LogP contribution in [0.2, 0.25) is 10.0 Å². The number of aromatic nitrogens is 1. The van der Waals surface area contributed by atoms with Crippen molar-refractivity contribution in [3.8, 4) is 0 Å². The second-order valence-electron chi connectivity index (χ2n) is 4.89. The number of nitrogens with one attached hydrogen (secondary N) is 1. The van der Waals surface area contributed by atoms with E-state index in [1.807, 2.05) is 0 Å². The van der Waals surface area contributed by atoms with Gasteiger partial charge in [-0.15, -0.1) is 0 Å². The molecule has 0 saturated carbocycles. The number of ether oxygens (including phenoxy) is 1. The van der Waals surface area contributed by atoms with Crippen molar-refractivity contribution in [2.75, 3.05) is 0 Å². The number of fused-ring (bicyclic) bond motifs is 1. The first-order chi connectivity index (χ1) is 11.1. The molecule has 3 aromatic rings. The van der Waals surface area contributed by atoms with Gasteiger partial charge in [-0.25, -0.2) is 4.79 Å². The summed E-state index contributed by atoms with van der Waals surface area (Å²) < 4.78 is 5.05. The molecule has 0 unspecified atom stereocenters. The molecule has 23 heavy (non-hydrogen) atoms. The number of H-pyrrole nitrogens is 1. The zero-order valence-corrected chi connectivity index (χ0v) is 13.3. The highest BCUT2D eigenvalue weighted by molar-refractivity contribution is 6.43. The van der Waals surface area contributed by atoms with Crippen molar-refractivity contribution in [2.24, 2.45) is 0 Å². The second-order valence-corrected chi connectivity index (χ2v) is 5.73. The fourth-order valence-corrected chi connectivity index (χ4v) is 2.58. The van der Waals surface area contributed by atoms with Crippen LogP contribution in [0.25, 0.3) is 10.9 Å². The predicted molar refractivity (Wildman–Crippen MR) is 88.9 cm³/mol. The molecule has 0 aliphatic rings. The van der Waals surface area contributed by atoms with E-state index >= 15 is 0 Å². The molecule has 6 heteroatoms. The molecule has 1 heterocycles. The van der Waals surface area contributed by atoms with Crippen molar-refractivity contribution in [1.82, 2.24) is 4.98 Å². The fraction of sp³-hybridized carbons (Fsp3) is 0.0588. The van der Waals surface area contributed by atoms with E-state index < -0.39 is 11.8 Å². The number of benzene rings is 2. The van der Waals surface area contributed by atoms with Gasteiger partial charge in [0, 0.05) is 32.7 Å². The van der Waals surface area contributed by atoms with Crippen LogP contribution in [0, 0.1) is 0 Å². The van der Waals surface area contributed by atoms with Gasteiger partial charge in [-0.3, -0.25) is 4.79 Å². The summed E-state index contributed by atoms with van der Waals surface area (Å²) >= 11 is 11.9. The van der Waals surface area contributed by atoms with Crippen LogP contribution in [0.3, 0.4) is 0 Å². The molecule has 0 amide bonds. The number of aromatic amines is 1. The minimum Gasteiger partial charge on any atom is -0.455 e. The maximum atomic E-state index is 12.3. The first-order valence-corrected chi connectivity index (χ1v) is 7.53. The van der Waals surface area contributed by atoms with Crippen molar-refractivity contribution in [3.05, 3.63) is 69.8 Å². The first-order valence-electron chi connectivity index (χ1n) is 6.78. The Kier molecular flexibility index (Phi) is 4.37. The predicted octanol–water partition coefficient (Wildman–Crippen LogP) is 4.40. The van der Waals surface area contributed by atoms with Gasteiger partial charge in [0.2, 0.25) is 0 Å². The third kappa shape index (κ3) is 3.23. The smallest absolute Gasteiger partial charge is 0.380 e. The number of carbonyl (C=O) groups is 2. The second kappa shape index (κ2) is 6.44. The molecule has 0 bridgehead atoms. The summed E-state index contributed by atoms with van der Waals surface area (Å²) in [6.07, 6.45) is 1.47. The number of ketones is 1. The number of hydrogen-bond acceptors (Lipinski definition) is 3. The first kappa shape index (κ1) is 15.6. The van der Waals surface area contributed by atoms with Crippen LogP contribution in [0.4, 0.5) is 0 Å². The average Bonchev–Trinajstić information content (AvgIpc) is 2.96. The van der Waals surface area contributed by atoms with E-state index in [1.165, 1.54) is 6.20 Å². The molecule has 0 spiro atoms. The maximum absolute atomic E-state index is 12.3. The quantitative estimate of drug-likeness (QED) is 0.432. The zero-order valence-electron chi connectivity index (χ0n) is 11.8. The van der Waals surface area contributed by atoms with Gasteiger partial charge in [0.1, 0.15) is 6.61 Å². The van der Waals surface area contributed by atoms with Crippen LogP contribution < -0.4 is 0 Å². The van der Waals surface area contributed by atoms with E-state index in [0.29, 0.717) is 21.0 Å². The molecule has 3 rings (SSSR count). The molecule has 0 aliphatic heterocycles. The Morgan fingerprint density at radius 3 is 2.65 bits per heavy atom. The molecule has 1 N–H and O–H groups in total. The standard InChI is InChI=1S/C17H11Cl2NO3/c18-11-5-6-15-12(7-11)13(8-20-15)16(21)17(22)23-9-10-3-1-2-4-14(10)19/h1-8,20H,9H2. The lowest BCUT2D eigenvalue weighted by atomic mass is 10.1. The van der Waals surface area contributed by atoms with Crippen molar-refractivity contribution in [3.63, 3.8) is 0 Å². The van der Waals surface area contributed by atoms with Gasteiger partial charge in [-0.2, -0.15) is 0 Å². The zero-order chi connectivity index (χ0) is 16.4. The van der Waals surface area contributed by atoms with Crippen LogP contribution in [0.15, 0.2) is 48.7 Å². The molecular formula is C17H11Cl2NO3. The fourth-order valence-electron chi connectivity index (χ4n) is 2.21. The number of Topliss-reactive ketones (excluding diaryl/α,β-unsaturated/α-hetero) is 1. The van der Waals surface area contributed by atoms with Crippen molar-refractivity contribution < 1.29 is 14.3 Å². The third-order valence-electron chi connectivity index (χ3n) is 3.39. The van der Waals surface area contributed by atoms with E-state index in [-0.39, 0.29) is 12.2 Å². The number of hydrogen-bond donors (Lipinski definition) is 1. The van der Waals surface area contributed by atoms with Crippen LogP contribution in [-0.2, 0) is 16.1 Å². The molecule has 1 aromatic heterocycles. The van der Waals surface area contributed by atoms with Crippen molar-refractivity contribution in [1.29, 1.82) is 0 Å². The van der Waals surface area contributed by atoms with Gasteiger partial charge >= 0.3 is 5.97 Å². The summed E-state index contributed by atoms with van der Waals surface area (Å²) in [5.41, 5.74) is 1.58. The van der Waals surface area contributed by atoms with Gasteiger partial charge in [0.15, 0.2) is 0 Å². The van der Waals surface area contributed by atoms with Gasteiger partial charge in [-0.1, -0.05) is 41.4 Å². The Balaban J connectivity index is 1.78. The van der Waals surface area contributed by atoms with E-state index in [9.17, 15) is 9.59 Å². The number of esters is 1. The molecule has 0 fully saturated rings. The molecule has 0 radical (unpaired) electrons. The van der Waals surface area contributed by atoms with E-state index in [2.05, 4.69) is 4.98 Å². The van der Waals surface area contributed by atoms with Crippen LogP contribution >= 0.6 is 23.2 Å². The summed E-state index contributed by atoms with van der Waals surface area (Å²) in [6, 6.07) is 12.0. The molecule has 0 saturated heterocycles. The SMILES string of the molecule is O=C(OCc1ccccc1Cl)C(=O)c1c[nH]c2ccc(Cl)cc12. The average molecular weight is 348 g/mol. The van der Waals surface area contributed by atoms with Crippen LogP contribution in [0.5, 0.6) is 0 Å². The van der Waals surface area contributed by atoms with Crippen molar-refractivity contribution in [2.45, 2.75) is 6.61 Å². The Morgan fingerprint density at radius 1 is 1.09 bits per heavy atom. The maximum Gasteiger partial charge on any atom is 0.380 e. The van der Waals surface area contributed by atoms with E-state index in [4.69, 9.17) is 27.9 Å². The molecule has 4 nitrogen and oxygen atoms in total. The van der Waals surface area contributed by atoms with Gasteiger partial charge in [0.05, 0.1) is 5.56 Å². The van der Waals surface area contributed by atoms with Gasteiger partial charge < -0.3 is 9.72 Å². The number of carbonyl (C=O) groups excluding carboxylic acids is 2. The Morgan fingerprint density at radius 2 is 1.87 bits per heavy atom. The van der Waals surface area contributed by atoms with Gasteiger partial charge in [0.25, 0.3) is 5.78 Å². The number of rotatable bonds is 4. The highest BCUT2D eigenvalue weighted by Gasteiger charge is 2.22. The normalized spacial score (nSPS) is 10.7. The molecular weight excluding hydrogens is 337 g/mol. The molecule has 0 aliphatic carbocycles. The minimum absolute atomic E-state index is 0.0621. The van der Waals surface area contributed by atoms with E-state index in [1.54, 1.807) is 42.5 Å². The lowest BCUT2D eigenvalue weighted by Crippen LogP contribution is -2.17.